The first-order valence-electron chi connectivity index (χ1n) is 10.5. The minimum atomic E-state index is -1.26. The molecule has 1 amide bonds. The average molecular weight is 373 g/mol. The number of hydrogen-bond acceptors (Lipinski definition) is 5. The van der Waals surface area contributed by atoms with Crippen molar-refractivity contribution in [1.29, 1.82) is 0 Å². The van der Waals surface area contributed by atoms with Crippen LogP contribution in [0.3, 0.4) is 0 Å². The Morgan fingerprint density at radius 2 is 2.26 bits per heavy atom. The van der Waals surface area contributed by atoms with Crippen LogP contribution in [0.2, 0.25) is 0 Å². The Hall–Kier alpha value is -1.50. The van der Waals surface area contributed by atoms with Crippen LogP contribution in [0.5, 0.6) is 0 Å². The summed E-state index contributed by atoms with van der Waals surface area (Å²) in [6.07, 6.45) is 8.13. The predicted molar refractivity (Wildman–Crippen MR) is 104 cm³/mol. The number of hydrogen-bond donors (Lipinski definition) is 3. The van der Waals surface area contributed by atoms with E-state index >= 15 is 0 Å². The number of amides is 1. The average Bonchev–Trinajstić information content (AvgIpc) is 2.63. The van der Waals surface area contributed by atoms with Crippen molar-refractivity contribution in [2.45, 2.75) is 64.1 Å². The summed E-state index contributed by atoms with van der Waals surface area (Å²) in [4.78, 5) is 19.3. The molecule has 2 aliphatic heterocycles. The van der Waals surface area contributed by atoms with E-state index in [2.05, 4.69) is 15.6 Å². The number of pyridine rings is 1. The molecule has 6 heteroatoms. The van der Waals surface area contributed by atoms with Crippen LogP contribution < -0.4 is 10.6 Å². The van der Waals surface area contributed by atoms with Crippen LogP contribution in [0.15, 0.2) is 6.20 Å². The highest BCUT2D eigenvalue weighted by Gasteiger charge is 2.42. The van der Waals surface area contributed by atoms with E-state index in [4.69, 9.17) is 0 Å². The number of rotatable bonds is 6. The van der Waals surface area contributed by atoms with E-state index in [1.807, 2.05) is 18.0 Å². The van der Waals surface area contributed by atoms with Crippen molar-refractivity contribution in [2.24, 2.45) is 5.92 Å². The number of nitrogens with zero attached hydrogens (tertiary/aromatic N) is 2. The molecule has 6 nitrogen and oxygen atoms in total. The number of fused-ring (bicyclic) bond motifs is 1. The molecular formula is C21H32N4O2. The molecule has 148 valence electrons. The fraction of sp³-hybridized carbons (Fsp3) is 0.714. The van der Waals surface area contributed by atoms with Gasteiger partial charge >= 0.3 is 0 Å². The van der Waals surface area contributed by atoms with Gasteiger partial charge in [0.25, 0.3) is 5.91 Å². The SMILES string of the molecule is Cc1ncc2c(c1CNCC1(O)CCCN(CC3CCC3)C1=O)CCNC2. The highest BCUT2D eigenvalue weighted by atomic mass is 16.3. The summed E-state index contributed by atoms with van der Waals surface area (Å²) in [5.41, 5.74) is 3.65. The molecule has 1 aromatic heterocycles. The van der Waals surface area contributed by atoms with E-state index in [1.54, 1.807) is 0 Å². The molecule has 2 fully saturated rings. The van der Waals surface area contributed by atoms with Gasteiger partial charge in [-0.3, -0.25) is 9.78 Å². The molecule has 1 aromatic rings. The lowest BCUT2D eigenvalue weighted by molar-refractivity contribution is -0.157. The van der Waals surface area contributed by atoms with Crippen molar-refractivity contribution in [3.63, 3.8) is 0 Å². The second-order valence-corrected chi connectivity index (χ2v) is 8.54. The standard InChI is InChI=1S/C21H32N4O2/c1-15-19(18-6-8-22-10-17(18)11-24-15)12-23-14-21(27)7-3-9-25(20(21)26)13-16-4-2-5-16/h11,16,22-23,27H,2-10,12-14H2,1H3. The highest BCUT2D eigenvalue weighted by molar-refractivity contribution is 5.86. The molecule has 1 saturated carbocycles. The normalized spacial score (nSPS) is 26.0. The first-order chi connectivity index (χ1) is 13.1. The van der Waals surface area contributed by atoms with Crippen LogP contribution in [0, 0.1) is 12.8 Å². The summed E-state index contributed by atoms with van der Waals surface area (Å²) in [5, 5.41) is 17.8. The Labute approximate surface area is 161 Å². The maximum absolute atomic E-state index is 12.9. The summed E-state index contributed by atoms with van der Waals surface area (Å²) in [5.74, 6) is 0.560. The first-order valence-corrected chi connectivity index (χ1v) is 10.5. The number of carbonyl (C=O) groups is 1. The Balaban J connectivity index is 1.38. The number of carbonyl (C=O) groups excluding carboxylic acids is 1. The van der Waals surface area contributed by atoms with Gasteiger partial charge in [0.2, 0.25) is 0 Å². The van der Waals surface area contributed by atoms with E-state index in [-0.39, 0.29) is 5.91 Å². The van der Waals surface area contributed by atoms with Gasteiger partial charge in [-0.05, 0) is 68.2 Å². The molecule has 0 spiro atoms. The summed E-state index contributed by atoms with van der Waals surface area (Å²) < 4.78 is 0. The van der Waals surface area contributed by atoms with E-state index in [0.717, 1.165) is 44.7 Å². The number of aromatic nitrogens is 1. The van der Waals surface area contributed by atoms with Gasteiger partial charge in [-0.15, -0.1) is 0 Å². The zero-order valence-electron chi connectivity index (χ0n) is 16.4. The molecule has 1 atom stereocenters. The minimum absolute atomic E-state index is 0.0812. The highest BCUT2D eigenvalue weighted by Crippen LogP contribution is 2.30. The second-order valence-electron chi connectivity index (χ2n) is 8.54. The molecule has 1 unspecified atom stereocenters. The number of piperidine rings is 1. The van der Waals surface area contributed by atoms with Crippen LogP contribution in [-0.2, 0) is 24.3 Å². The first kappa shape index (κ1) is 18.8. The number of aliphatic hydroxyl groups is 1. The maximum Gasteiger partial charge on any atom is 0.255 e. The number of nitrogens with one attached hydrogen (secondary N) is 2. The minimum Gasteiger partial charge on any atom is -0.379 e. The molecule has 4 rings (SSSR count). The van der Waals surface area contributed by atoms with Crippen molar-refractivity contribution in [3.8, 4) is 0 Å². The topological polar surface area (TPSA) is 77.5 Å². The third-order valence-electron chi connectivity index (χ3n) is 6.60. The van der Waals surface area contributed by atoms with Crippen LogP contribution in [-0.4, -0.2) is 52.7 Å². The molecule has 3 heterocycles. The van der Waals surface area contributed by atoms with Gasteiger partial charge in [0.15, 0.2) is 5.60 Å². The van der Waals surface area contributed by atoms with Gasteiger partial charge in [0.1, 0.15) is 0 Å². The molecule has 1 aliphatic carbocycles. The molecule has 1 saturated heterocycles. The zero-order valence-corrected chi connectivity index (χ0v) is 16.4. The van der Waals surface area contributed by atoms with Crippen molar-refractivity contribution < 1.29 is 9.90 Å². The maximum atomic E-state index is 12.9. The predicted octanol–water partition coefficient (Wildman–Crippen LogP) is 1.28. The van der Waals surface area contributed by atoms with Crippen LogP contribution >= 0.6 is 0 Å². The molecule has 0 bridgehead atoms. The lowest BCUT2D eigenvalue weighted by Gasteiger charge is -2.41. The largest absolute Gasteiger partial charge is 0.379 e. The quantitative estimate of drug-likeness (QED) is 0.701. The summed E-state index contributed by atoms with van der Waals surface area (Å²) in [6, 6.07) is 0. The molecule has 3 N–H and O–H groups in total. The van der Waals surface area contributed by atoms with Crippen LogP contribution in [0.1, 0.15) is 54.5 Å². The van der Waals surface area contributed by atoms with Crippen LogP contribution in [0.4, 0.5) is 0 Å². The summed E-state index contributed by atoms with van der Waals surface area (Å²) in [7, 11) is 0. The molecule has 0 radical (unpaired) electrons. The fourth-order valence-corrected chi connectivity index (χ4v) is 4.66. The van der Waals surface area contributed by atoms with Gasteiger partial charge in [0.05, 0.1) is 0 Å². The van der Waals surface area contributed by atoms with Crippen molar-refractivity contribution in [2.75, 3.05) is 26.2 Å². The molecular weight excluding hydrogens is 340 g/mol. The van der Waals surface area contributed by atoms with Gasteiger partial charge in [-0.2, -0.15) is 0 Å². The van der Waals surface area contributed by atoms with Gasteiger partial charge in [-0.1, -0.05) is 6.42 Å². The van der Waals surface area contributed by atoms with Gasteiger partial charge in [-0.25, -0.2) is 0 Å². The fourth-order valence-electron chi connectivity index (χ4n) is 4.66. The Kier molecular flexibility index (Phi) is 5.48. The van der Waals surface area contributed by atoms with Gasteiger partial charge in [0, 0.05) is 44.6 Å². The van der Waals surface area contributed by atoms with E-state index in [0.29, 0.717) is 25.4 Å². The third kappa shape index (κ3) is 3.89. The van der Waals surface area contributed by atoms with Crippen molar-refractivity contribution in [3.05, 3.63) is 28.6 Å². The van der Waals surface area contributed by atoms with E-state index in [1.165, 1.54) is 36.0 Å². The Morgan fingerprint density at radius 1 is 1.41 bits per heavy atom. The van der Waals surface area contributed by atoms with E-state index in [9.17, 15) is 9.90 Å². The smallest absolute Gasteiger partial charge is 0.255 e. The molecule has 0 aromatic carbocycles. The zero-order chi connectivity index (χ0) is 18.9. The lowest BCUT2D eigenvalue weighted by Crippen LogP contribution is -2.58. The van der Waals surface area contributed by atoms with Gasteiger partial charge < -0.3 is 20.6 Å². The Morgan fingerprint density at radius 3 is 3.04 bits per heavy atom. The third-order valence-corrected chi connectivity index (χ3v) is 6.60. The monoisotopic (exact) mass is 372 g/mol. The van der Waals surface area contributed by atoms with Crippen molar-refractivity contribution >= 4 is 5.91 Å². The molecule has 3 aliphatic rings. The summed E-state index contributed by atoms with van der Waals surface area (Å²) >= 11 is 0. The van der Waals surface area contributed by atoms with E-state index < -0.39 is 5.60 Å². The summed E-state index contributed by atoms with van der Waals surface area (Å²) in [6.45, 7) is 6.48. The number of aryl methyl sites for hydroxylation is 1. The lowest BCUT2D eigenvalue weighted by atomic mass is 9.83. The van der Waals surface area contributed by atoms with Crippen LogP contribution in [0.25, 0.3) is 0 Å². The second kappa shape index (κ2) is 7.86. The Bertz CT molecular complexity index is 704. The molecule has 27 heavy (non-hydrogen) atoms. The van der Waals surface area contributed by atoms with Crippen molar-refractivity contribution in [1.82, 2.24) is 20.5 Å². The number of likely N-dealkylation sites (tertiary alicyclic amines) is 1.